The van der Waals surface area contributed by atoms with Crippen LogP contribution in [0.4, 0.5) is 17.1 Å². The summed E-state index contributed by atoms with van der Waals surface area (Å²) in [5.74, 6) is 0. The van der Waals surface area contributed by atoms with E-state index in [1.54, 1.807) is 0 Å². The first kappa shape index (κ1) is 16.1. The fraction of sp³-hybridized carbons (Fsp3) is 0.455. The van der Waals surface area contributed by atoms with Gasteiger partial charge in [-0.25, -0.2) is 8.42 Å². The van der Waals surface area contributed by atoms with Crippen LogP contribution in [0.25, 0.3) is 0 Å². The summed E-state index contributed by atoms with van der Waals surface area (Å²) in [6.45, 7) is 1.78. The van der Waals surface area contributed by atoms with Crippen LogP contribution in [0.3, 0.4) is 0 Å². The van der Waals surface area contributed by atoms with Crippen molar-refractivity contribution in [2.45, 2.75) is 4.90 Å². The number of hydrogen-bond donors (Lipinski definition) is 1. The first-order chi connectivity index (χ1) is 10.2. The van der Waals surface area contributed by atoms with Crippen LogP contribution in [-0.2, 0) is 9.84 Å². The van der Waals surface area contributed by atoms with Crippen LogP contribution >= 0.6 is 0 Å². The lowest BCUT2D eigenvalue weighted by Gasteiger charge is -2.28. The lowest BCUT2D eigenvalue weighted by Crippen LogP contribution is -2.44. The molecule has 22 heavy (non-hydrogen) atoms. The Morgan fingerprint density at radius 1 is 1.09 bits per heavy atom. The molecule has 2 rings (SSSR count). The first-order valence-electron chi connectivity index (χ1n) is 6.34. The van der Waals surface area contributed by atoms with E-state index in [9.17, 15) is 28.6 Å². The summed E-state index contributed by atoms with van der Waals surface area (Å²) in [5.41, 5.74) is -1.29. The minimum absolute atomic E-state index is 0.149. The van der Waals surface area contributed by atoms with Crippen LogP contribution in [-0.4, -0.2) is 50.7 Å². The van der Waals surface area contributed by atoms with E-state index in [0.717, 1.165) is 18.4 Å². The van der Waals surface area contributed by atoms with Gasteiger partial charge < -0.3 is 10.2 Å². The summed E-state index contributed by atoms with van der Waals surface area (Å²) in [6.07, 6.45) is 0.847. The molecule has 0 saturated carbocycles. The second kappa shape index (κ2) is 5.85. The van der Waals surface area contributed by atoms with Gasteiger partial charge in [0.2, 0.25) is 0 Å². The maximum Gasteiger partial charge on any atom is 0.300 e. The van der Waals surface area contributed by atoms with Crippen molar-refractivity contribution in [3.8, 4) is 0 Å². The molecule has 1 aliphatic rings. The van der Waals surface area contributed by atoms with Gasteiger partial charge in [0.15, 0.2) is 15.5 Å². The molecule has 1 aromatic carbocycles. The number of nitro groups is 2. The average Bonchev–Trinajstić information content (AvgIpc) is 2.45. The molecule has 0 amide bonds. The minimum atomic E-state index is -3.80. The number of sulfone groups is 1. The molecule has 1 N–H and O–H groups in total. The van der Waals surface area contributed by atoms with Crippen LogP contribution in [0.15, 0.2) is 17.0 Å². The number of nitro benzene ring substituents is 2. The molecule has 120 valence electrons. The lowest BCUT2D eigenvalue weighted by molar-refractivity contribution is -0.393. The highest BCUT2D eigenvalue weighted by atomic mass is 32.2. The van der Waals surface area contributed by atoms with E-state index in [2.05, 4.69) is 5.32 Å². The van der Waals surface area contributed by atoms with Crippen molar-refractivity contribution < 1.29 is 18.3 Å². The third-order valence-corrected chi connectivity index (χ3v) is 4.39. The molecule has 1 aliphatic heterocycles. The Hall–Kier alpha value is -2.27. The van der Waals surface area contributed by atoms with Gasteiger partial charge in [0.05, 0.1) is 14.7 Å². The Bertz CT molecular complexity index is 691. The van der Waals surface area contributed by atoms with E-state index in [4.69, 9.17) is 0 Å². The fourth-order valence-corrected chi connectivity index (χ4v) is 2.94. The summed E-state index contributed by atoms with van der Waals surface area (Å²) in [7, 11) is -3.80. The molecule has 0 spiro atoms. The third kappa shape index (κ3) is 3.14. The Morgan fingerprint density at radius 3 is 1.91 bits per heavy atom. The number of nitrogens with one attached hydrogen (secondary N) is 1. The number of rotatable bonds is 4. The molecule has 1 aromatic rings. The quantitative estimate of drug-likeness (QED) is 0.615. The Morgan fingerprint density at radius 2 is 1.55 bits per heavy atom. The molecular formula is C11H14N4O6S. The highest BCUT2D eigenvalue weighted by molar-refractivity contribution is 7.90. The summed E-state index contributed by atoms with van der Waals surface area (Å²) in [4.78, 5) is 22.0. The highest BCUT2D eigenvalue weighted by Gasteiger charge is 2.33. The van der Waals surface area contributed by atoms with Crippen molar-refractivity contribution in [2.24, 2.45) is 0 Å². The number of anilines is 1. The van der Waals surface area contributed by atoms with Crippen LogP contribution in [0.1, 0.15) is 0 Å². The zero-order chi connectivity index (χ0) is 16.5. The van der Waals surface area contributed by atoms with Crippen molar-refractivity contribution in [1.82, 2.24) is 5.32 Å². The summed E-state index contributed by atoms with van der Waals surface area (Å²) >= 11 is 0. The van der Waals surface area contributed by atoms with Gasteiger partial charge in [-0.05, 0) is 0 Å². The highest BCUT2D eigenvalue weighted by Crippen LogP contribution is 2.39. The number of hydrogen-bond acceptors (Lipinski definition) is 8. The van der Waals surface area contributed by atoms with Gasteiger partial charge in [-0.2, -0.15) is 0 Å². The predicted molar refractivity (Wildman–Crippen MR) is 77.9 cm³/mol. The van der Waals surface area contributed by atoms with Crippen molar-refractivity contribution in [2.75, 3.05) is 37.3 Å². The number of piperazine rings is 1. The van der Waals surface area contributed by atoms with Crippen LogP contribution in [0.5, 0.6) is 0 Å². The van der Waals surface area contributed by atoms with Crippen molar-refractivity contribution in [1.29, 1.82) is 0 Å². The van der Waals surface area contributed by atoms with E-state index in [1.165, 1.54) is 4.90 Å². The van der Waals surface area contributed by atoms with E-state index >= 15 is 0 Å². The normalized spacial score (nSPS) is 15.6. The molecule has 0 aromatic heterocycles. The molecule has 0 atom stereocenters. The average molecular weight is 330 g/mol. The van der Waals surface area contributed by atoms with Crippen molar-refractivity contribution in [3.05, 3.63) is 32.4 Å². The smallest absolute Gasteiger partial charge is 0.300 e. The van der Waals surface area contributed by atoms with E-state index < -0.39 is 36.0 Å². The molecule has 0 bridgehead atoms. The third-order valence-electron chi connectivity index (χ3n) is 3.30. The maximum absolute atomic E-state index is 11.6. The molecule has 11 heteroatoms. The second-order valence-corrected chi connectivity index (χ2v) is 6.85. The van der Waals surface area contributed by atoms with Gasteiger partial charge >= 0.3 is 11.4 Å². The van der Waals surface area contributed by atoms with E-state index in [0.29, 0.717) is 26.2 Å². The standard InChI is InChI=1S/C11H14N4O6S/c1-22(20,21)8-6-9(14(16)17)11(10(7-8)15(18)19)13-4-2-12-3-5-13/h6-7,12H,2-5H2,1H3. The zero-order valence-electron chi connectivity index (χ0n) is 11.7. The van der Waals surface area contributed by atoms with E-state index in [1.807, 2.05) is 0 Å². The summed E-state index contributed by atoms with van der Waals surface area (Å²) in [5, 5.41) is 25.6. The molecule has 1 fully saturated rings. The Labute approximate surface area is 125 Å². The molecule has 0 unspecified atom stereocenters. The number of nitrogens with zero attached hydrogens (tertiary/aromatic N) is 3. The Kier molecular flexibility index (Phi) is 4.28. The van der Waals surface area contributed by atoms with Gasteiger partial charge in [-0.15, -0.1) is 0 Å². The Balaban J connectivity index is 2.73. The van der Waals surface area contributed by atoms with Crippen molar-refractivity contribution in [3.63, 3.8) is 0 Å². The fourth-order valence-electron chi connectivity index (χ4n) is 2.28. The second-order valence-electron chi connectivity index (χ2n) is 4.83. The minimum Gasteiger partial charge on any atom is -0.358 e. The summed E-state index contributed by atoms with van der Waals surface area (Å²) in [6, 6.07) is 1.75. The lowest BCUT2D eigenvalue weighted by atomic mass is 10.2. The van der Waals surface area contributed by atoms with Crippen LogP contribution in [0.2, 0.25) is 0 Å². The maximum atomic E-state index is 11.6. The predicted octanol–water partition coefficient (Wildman–Crippen LogP) is 0.316. The van der Waals surface area contributed by atoms with Gasteiger partial charge in [0.1, 0.15) is 0 Å². The summed E-state index contributed by atoms with van der Waals surface area (Å²) < 4.78 is 23.2. The molecule has 0 radical (unpaired) electrons. The van der Waals surface area contributed by atoms with Crippen LogP contribution in [0, 0.1) is 20.2 Å². The molecular weight excluding hydrogens is 316 g/mol. The van der Waals surface area contributed by atoms with Crippen molar-refractivity contribution >= 4 is 26.9 Å². The number of benzene rings is 1. The monoisotopic (exact) mass is 330 g/mol. The van der Waals surface area contributed by atoms with Gasteiger partial charge in [0, 0.05) is 44.6 Å². The SMILES string of the molecule is CS(=O)(=O)c1cc([N+](=O)[O-])c(N2CCNCC2)c([N+](=O)[O-])c1. The van der Waals surface area contributed by atoms with Gasteiger partial charge in [0.25, 0.3) is 0 Å². The van der Waals surface area contributed by atoms with E-state index in [-0.39, 0.29) is 5.69 Å². The first-order valence-corrected chi connectivity index (χ1v) is 8.23. The molecule has 1 saturated heterocycles. The largest absolute Gasteiger partial charge is 0.358 e. The van der Waals surface area contributed by atoms with Crippen LogP contribution < -0.4 is 10.2 Å². The van der Waals surface area contributed by atoms with Gasteiger partial charge in [-0.1, -0.05) is 0 Å². The molecule has 0 aliphatic carbocycles. The molecule has 1 heterocycles. The zero-order valence-corrected chi connectivity index (χ0v) is 12.5. The van der Waals surface area contributed by atoms with Gasteiger partial charge in [-0.3, -0.25) is 20.2 Å². The molecule has 10 nitrogen and oxygen atoms in total. The topological polar surface area (TPSA) is 136 Å².